The summed E-state index contributed by atoms with van der Waals surface area (Å²) in [7, 11) is -4.50. The second-order valence-corrected chi connectivity index (χ2v) is 6.96. The quantitative estimate of drug-likeness (QED) is 0.575. The van der Waals surface area contributed by atoms with Gasteiger partial charge in [-0.2, -0.15) is 5.26 Å². The summed E-state index contributed by atoms with van der Waals surface area (Å²) in [5, 5.41) is 28.9. The number of hydrogen-bond acceptors (Lipinski definition) is 6. The van der Waals surface area contributed by atoms with Gasteiger partial charge in [0.2, 0.25) is 0 Å². The molecule has 0 unspecified atom stereocenters. The fourth-order valence-electron chi connectivity index (χ4n) is 2.25. The number of sulfonamides is 1. The van der Waals surface area contributed by atoms with E-state index in [0.29, 0.717) is 9.87 Å². The lowest BCUT2D eigenvalue weighted by Gasteiger charge is -2.22. The van der Waals surface area contributed by atoms with E-state index < -0.39 is 38.0 Å². The fraction of sp³-hybridized carbons (Fsp3) is 0.125. The average molecular weight is 375 g/mol. The first-order chi connectivity index (χ1) is 12.3. The van der Waals surface area contributed by atoms with E-state index in [0.717, 1.165) is 12.1 Å². The number of nitro benzene ring substituents is 1. The Morgan fingerprint density at radius 2 is 1.81 bits per heavy atom. The van der Waals surface area contributed by atoms with Crippen molar-refractivity contribution in [2.24, 2.45) is 0 Å². The van der Waals surface area contributed by atoms with Crippen molar-refractivity contribution in [2.75, 3.05) is 10.8 Å². The van der Waals surface area contributed by atoms with Crippen LogP contribution in [0.3, 0.4) is 0 Å². The molecule has 0 amide bonds. The molecule has 0 heterocycles. The van der Waals surface area contributed by atoms with Gasteiger partial charge in [-0.3, -0.25) is 19.2 Å². The first kappa shape index (κ1) is 18.9. The van der Waals surface area contributed by atoms with Crippen LogP contribution in [0, 0.1) is 21.4 Å². The fourth-order valence-corrected chi connectivity index (χ4v) is 3.83. The zero-order chi connectivity index (χ0) is 19.3. The number of benzene rings is 2. The van der Waals surface area contributed by atoms with Gasteiger partial charge in [-0.05, 0) is 23.8 Å². The van der Waals surface area contributed by atoms with E-state index in [1.807, 2.05) is 6.07 Å². The summed E-state index contributed by atoms with van der Waals surface area (Å²) in [5.41, 5.74) is -0.00848. The molecule has 0 aliphatic heterocycles. The van der Waals surface area contributed by atoms with E-state index in [2.05, 4.69) is 0 Å². The summed E-state index contributed by atoms with van der Waals surface area (Å²) in [4.78, 5) is 20.9. The summed E-state index contributed by atoms with van der Waals surface area (Å²) < 4.78 is 26.4. The number of hydrogen-bond donors (Lipinski definition) is 1. The Morgan fingerprint density at radius 3 is 2.35 bits per heavy atom. The van der Waals surface area contributed by atoms with Gasteiger partial charge >= 0.3 is 5.97 Å². The topological polar surface area (TPSA) is 142 Å². The molecule has 0 radical (unpaired) electrons. The van der Waals surface area contributed by atoms with Gasteiger partial charge in [0.15, 0.2) is 4.90 Å². The Labute approximate surface area is 148 Å². The number of carbonyl (C=O) groups is 1. The van der Waals surface area contributed by atoms with Crippen molar-refractivity contribution in [3.05, 3.63) is 64.2 Å². The Kier molecular flexibility index (Phi) is 5.54. The molecule has 0 spiro atoms. The molecule has 9 nitrogen and oxygen atoms in total. The second kappa shape index (κ2) is 7.62. The van der Waals surface area contributed by atoms with Crippen LogP contribution in [0.1, 0.15) is 5.56 Å². The van der Waals surface area contributed by atoms with Crippen molar-refractivity contribution in [3.63, 3.8) is 0 Å². The molecule has 0 aliphatic rings. The molecule has 0 atom stereocenters. The third-order valence-electron chi connectivity index (χ3n) is 3.42. The third-order valence-corrected chi connectivity index (χ3v) is 5.24. The summed E-state index contributed by atoms with van der Waals surface area (Å²) in [6, 6.07) is 12.3. The van der Waals surface area contributed by atoms with E-state index in [-0.39, 0.29) is 12.1 Å². The van der Waals surface area contributed by atoms with Crippen LogP contribution in [0.4, 0.5) is 11.4 Å². The SMILES string of the molecule is N#CCc1ccc(N(CC(=O)O)S(=O)(=O)c2ccccc2[N+](=O)[O-])cc1. The van der Waals surface area contributed by atoms with E-state index in [9.17, 15) is 23.3 Å². The Balaban J connectivity index is 2.58. The number of rotatable bonds is 7. The minimum Gasteiger partial charge on any atom is -0.480 e. The minimum atomic E-state index is -4.50. The first-order valence-corrected chi connectivity index (χ1v) is 8.65. The van der Waals surface area contributed by atoms with Gasteiger partial charge in [0.1, 0.15) is 6.54 Å². The zero-order valence-electron chi connectivity index (χ0n) is 13.3. The maximum absolute atomic E-state index is 12.9. The normalized spacial score (nSPS) is 10.7. The Hall–Kier alpha value is -3.45. The van der Waals surface area contributed by atoms with Crippen LogP contribution >= 0.6 is 0 Å². The molecule has 0 saturated heterocycles. The molecule has 0 aromatic heterocycles. The van der Waals surface area contributed by atoms with Gasteiger partial charge in [0.25, 0.3) is 15.7 Å². The number of para-hydroxylation sites is 1. The number of anilines is 1. The molecule has 2 aromatic carbocycles. The molecular formula is C16H13N3O6S. The predicted molar refractivity (Wildman–Crippen MR) is 91.0 cm³/mol. The molecule has 10 heteroatoms. The number of carboxylic acids is 1. The van der Waals surface area contributed by atoms with Crippen molar-refractivity contribution in [1.29, 1.82) is 5.26 Å². The monoisotopic (exact) mass is 375 g/mol. The summed E-state index contributed by atoms with van der Waals surface area (Å²) in [5.74, 6) is -1.42. The predicted octanol–water partition coefficient (Wildman–Crippen LogP) is 1.94. The molecular weight excluding hydrogens is 362 g/mol. The maximum atomic E-state index is 12.9. The summed E-state index contributed by atoms with van der Waals surface area (Å²) in [6.07, 6.45) is 0.107. The van der Waals surface area contributed by atoms with Gasteiger partial charge in [-0.25, -0.2) is 8.42 Å². The van der Waals surface area contributed by atoms with Crippen molar-refractivity contribution in [2.45, 2.75) is 11.3 Å². The molecule has 0 fully saturated rings. The van der Waals surface area contributed by atoms with Crippen molar-refractivity contribution in [3.8, 4) is 6.07 Å². The Bertz CT molecular complexity index is 980. The van der Waals surface area contributed by atoms with Crippen LogP contribution in [0.5, 0.6) is 0 Å². The van der Waals surface area contributed by atoms with Crippen LogP contribution in [-0.4, -0.2) is 31.0 Å². The number of nitrogens with zero attached hydrogens (tertiary/aromatic N) is 3. The van der Waals surface area contributed by atoms with Gasteiger partial charge in [-0.15, -0.1) is 0 Å². The average Bonchev–Trinajstić information content (AvgIpc) is 2.60. The molecule has 2 aromatic rings. The Morgan fingerprint density at radius 1 is 1.19 bits per heavy atom. The molecule has 0 bridgehead atoms. The van der Waals surface area contributed by atoms with Gasteiger partial charge in [0, 0.05) is 6.07 Å². The molecule has 26 heavy (non-hydrogen) atoms. The zero-order valence-corrected chi connectivity index (χ0v) is 14.1. The van der Waals surface area contributed by atoms with E-state index in [1.165, 1.54) is 36.4 Å². The lowest BCUT2D eigenvalue weighted by Crippen LogP contribution is -2.36. The highest BCUT2D eigenvalue weighted by Crippen LogP contribution is 2.29. The lowest BCUT2D eigenvalue weighted by molar-refractivity contribution is -0.387. The van der Waals surface area contributed by atoms with Crippen molar-refractivity contribution >= 4 is 27.4 Å². The highest BCUT2D eigenvalue weighted by Gasteiger charge is 2.32. The van der Waals surface area contributed by atoms with Crippen LogP contribution < -0.4 is 4.31 Å². The van der Waals surface area contributed by atoms with E-state index in [1.54, 1.807) is 0 Å². The van der Waals surface area contributed by atoms with Crippen molar-refractivity contribution in [1.82, 2.24) is 0 Å². The largest absolute Gasteiger partial charge is 0.480 e. The van der Waals surface area contributed by atoms with Crippen molar-refractivity contribution < 1.29 is 23.2 Å². The highest BCUT2D eigenvalue weighted by atomic mass is 32.2. The van der Waals surface area contributed by atoms with Crippen LogP contribution in [-0.2, 0) is 21.2 Å². The lowest BCUT2D eigenvalue weighted by atomic mass is 10.1. The van der Waals surface area contributed by atoms with E-state index in [4.69, 9.17) is 10.4 Å². The molecule has 1 N–H and O–H groups in total. The third kappa shape index (κ3) is 3.96. The van der Waals surface area contributed by atoms with Gasteiger partial charge < -0.3 is 5.11 Å². The molecule has 0 saturated carbocycles. The molecule has 0 aliphatic carbocycles. The smallest absolute Gasteiger partial charge is 0.324 e. The minimum absolute atomic E-state index is 0.0206. The number of aliphatic carboxylic acids is 1. The standard InChI is InChI=1S/C16H13N3O6S/c17-10-9-12-5-7-13(8-6-12)18(11-16(20)21)26(24,25)15-4-2-1-3-14(15)19(22)23/h1-8H,9,11H2,(H,20,21). The number of nitro groups is 1. The summed E-state index contributed by atoms with van der Waals surface area (Å²) in [6.45, 7) is -0.911. The van der Waals surface area contributed by atoms with Crippen LogP contribution in [0.15, 0.2) is 53.4 Å². The molecule has 2 rings (SSSR count). The summed E-state index contributed by atoms with van der Waals surface area (Å²) >= 11 is 0. The van der Waals surface area contributed by atoms with Gasteiger partial charge in [0.05, 0.1) is 23.1 Å². The highest BCUT2D eigenvalue weighted by molar-refractivity contribution is 7.93. The van der Waals surface area contributed by atoms with Crippen LogP contribution in [0.2, 0.25) is 0 Å². The van der Waals surface area contributed by atoms with Gasteiger partial charge in [-0.1, -0.05) is 24.3 Å². The number of nitriles is 1. The first-order valence-electron chi connectivity index (χ1n) is 7.21. The van der Waals surface area contributed by atoms with E-state index >= 15 is 0 Å². The van der Waals surface area contributed by atoms with Crippen LogP contribution in [0.25, 0.3) is 0 Å². The second-order valence-electron chi connectivity index (χ2n) is 5.13. The number of carboxylic acid groups (broad SMARTS) is 1. The molecule has 134 valence electrons. The maximum Gasteiger partial charge on any atom is 0.324 e.